The van der Waals surface area contributed by atoms with Crippen LogP contribution < -0.4 is 10.1 Å². The molecular formula is C16H24FNO3. The van der Waals surface area contributed by atoms with Crippen molar-refractivity contribution in [3.8, 4) is 5.75 Å². The third-order valence-corrected chi connectivity index (χ3v) is 3.06. The van der Waals surface area contributed by atoms with E-state index in [2.05, 4.69) is 19.2 Å². The van der Waals surface area contributed by atoms with Crippen LogP contribution in [0.2, 0.25) is 0 Å². The lowest BCUT2D eigenvalue weighted by Crippen LogP contribution is -2.31. The molecule has 4 nitrogen and oxygen atoms in total. The molecule has 0 unspecified atom stereocenters. The van der Waals surface area contributed by atoms with E-state index in [1.54, 1.807) is 19.9 Å². The maximum absolute atomic E-state index is 13.4. The van der Waals surface area contributed by atoms with Gasteiger partial charge in [0.05, 0.1) is 5.41 Å². The summed E-state index contributed by atoms with van der Waals surface area (Å²) in [6, 6.07) is 4.27. The van der Waals surface area contributed by atoms with Gasteiger partial charge in [-0.1, -0.05) is 13.8 Å². The van der Waals surface area contributed by atoms with Crippen LogP contribution in [0.15, 0.2) is 18.2 Å². The number of hydrogen-bond acceptors (Lipinski definition) is 3. The van der Waals surface area contributed by atoms with Crippen LogP contribution in [0.25, 0.3) is 0 Å². The van der Waals surface area contributed by atoms with E-state index in [1.807, 2.05) is 0 Å². The van der Waals surface area contributed by atoms with Crippen molar-refractivity contribution in [2.45, 2.75) is 34.2 Å². The average molecular weight is 297 g/mol. The predicted octanol–water partition coefficient (Wildman–Crippen LogP) is 3.06. The van der Waals surface area contributed by atoms with Gasteiger partial charge in [0.15, 0.2) is 0 Å². The Balaban J connectivity index is 2.74. The minimum absolute atomic E-state index is 0.0329. The highest BCUT2D eigenvalue weighted by Gasteiger charge is 2.28. The van der Waals surface area contributed by atoms with Crippen LogP contribution in [0.4, 0.5) is 4.39 Å². The monoisotopic (exact) mass is 297 g/mol. The molecule has 0 aliphatic carbocycles. The summed E-state index contributed by atoms with van der Waals surface area (Å²) in [5.74, 6) is -0.249. The molecule has 0 heterocycles. The molecule has 1 rings (SSSR count). The number of carboxylic acids is 1. The molecule has 0 radical (unpaired) electrons. The molecule has 1 aromatic carbocycles. The largest absolute Gasteiger partial charge is 0.492 e. The van der Waals surface area contributed by atoms with Gasteiger partial charge in [0.25, 0.3) is 0 Å². The topological polar surface area (TPSA) is 58.6 Å². The molecule has 0 saturated heterocycles. The smallest absolute Gasteiger partial charge is 0.312 e. The molecule has 0 saturated carbocycles. The Morgan fingerprint density at radius 3 is 2.67 bits per heavy atom. The van der Waals surface area contributed by atoms with E-state index in [0.29, 0.717) is 23.8 Å². The van der Waals surface area contributed by atoms with E-state index in [-0.39, 0.29) is 12.4 Å². The summed E-state index contributed by atoms with van der Waals surface area (Å²) in [4.78, 5) is 11.1. The fraction of sp³-hybridized carbons (Fsp3) is 0.562. The standard InChI is InChI=1S/C16H24FNO3/c1-11(2)8-18-9-12-7-13(17)5-6-14(12)21-10-16(3,4)15(19)20/h5-7,11,18H,8-10H2,1-4H3,(H,19,20). The second kappa shape index (κ2) is 7.41. The van der Waals surface area contributed by atoms with Gasteiger partial charge in [-0.05, 0) is 44.5 Å². The number of aliphatic carboxylic acids is 1. The van der Waals surface area contributed by atoms with E-state index in [1.165, 1.54) is 12.1 Å². The quantitative estimate of drug-likeness (QED) is 0.774. The van der Waals surface area contributed by atoms with Gasteiger partial charge >= 0.3 is 5.97 Å². The molecular weight excluding hydrogens is 273 g/mol. The average Bonchev–Trinajstić information content (AvgIpc) is 2.37. The molecule has 0 fully saturated rings. The normalized spacial score (nSPS) is 11.7. The third-order valence-electron chi connectivity index (χ3n) is 3.06. The lowest BCUT2D eigenvalue weighted by atomic mass is 9.95. The summed E-state index contributed by atoms with van der Waals surface area (Å²) in [5, 5.41) is 12.3. The molecule has 0 aliphatic rings. The highest BCUT2D eigenvalue weighted by molar-refractivity contribution is 5.73. The van der Waals surface area contributed by atoms with Gasteiger partial charge in [-0.2, -0.15) is 0 Å². The summed E-state index contributed by atoms with van der Waals surface area (Å²) in [5.41, 5.74) is -0.298. The van der Waals surface area contributed by atoms with Crippen molar-refractivity contribution in [1.29, 1.82) is 0 Å². The van der Waals surface area contributed by atoms with Gasteiger partial charge < -0.3 is 15.2 Å². The van der Waals surface area contributed by atoms with Crippen LogP contribution in [-0.2, 0) is 11.3 Å². The van der Waals surface area contributed by atoms with E-state index in [0.717, 1.165) is 6.54 Å². The van der Waals surface area contributed by atoms with Gasteiger partial charge in [-0.15, -0.1) is 0 Å². The summed E-state index contributed by atoms with van der Waals surface area (Å²) >= 11 is 0. The number of halogens is 1. The molecule has 0 spiro atoms. The lowest BCUT2D eigenvalue weighted by Gasteiger charge is -2.21. The zero-order valence-corrected chi connectivity index (χ0v) is 13.1. The van der Waals surface area contributed by atoms with Crippen LogP contribution in [0.3, 0.4) is 0 Å². The lowest BCUT2D eigenvalue weighted by molar-refractivity contribution is -0.148. The number of carboxylic acid groups (broad SMARTS) is 1. The van der Waals surface area contributed by atoms with Gasteiger partial charge in [0, 0.05) is 12.1 Å². The van der Waals surface area contributed by atoms with Crippen LogP contribution in [0.5, 0.6) is 5.75 Å². The number of hydrogen-bond donors (Lipinski definition) is 2. The maximum Gasteiger partial charge on any atom is 0.312 e. The van der Waals surface area contributed by atoms with Gasteiger partial charge in [0.2, 0.25) is 0 Å². The summed E-state index contributed by atoms with van der Waals surface area (Å²) < 4.78 is 18.9. The highest BCUT2D eigenvalue weighted by atomic mass is 19.1. The Hall–Kier alpha value is -1.62. The summed E-state index contributed by atoms with van der Waals surface area (Å²) in [7, 11) is 0. The van der Waals surface area contributed by atoms with Gasteiger partial charge in [-0.3, -0.25) is 4.79 Å². The van der Waals surface area contributed by atoms with Crippen LogP contribution in [-0.4, -0.2) is 24.2 Å². The molecule has 0 amide bonds. The molecule has 118 valence electrons. The predicted molar refractivity (Wildman–Crippen MR) is 79.9 cm³/mol. The SMILES string of the molecule is CC(C)CNCc1cc(F)ccc1OCC(C)(C)C(=O)O. The molecule has 21 heavy (non-hydrogen) atoms. The van der Waals surface area contributed by atoms with Crippen LogP contribution >= 0.6 is 0 Å². The number of nitrogens with one attached hydrogen (secondary N) is 1. The molecule has 0 aromatic heterocycles. The van der Waals surface area contributed by atoms with Crippen molar-refractivity contribution >= 4 is 5.97 Å². The number of rotatable bonds is 8. The van der Waals surface area contributed by atoms with E-state index in [9.17, 15) is 9.18 Å². The van der Waals surface area contributed by atoms with Crippen molar-refractivity contribution in [2.75, 3.05) is 13.2 Å². The van der Waals surface area contributed by atoms with Crippen LogP contribution in [0, 0.1) is 17.2 Å². The summed E-state index contributed by atoms with van der Waals surface area (Å²) in [6.07, 6.45) is 0. The maximum atomic E-state index is 13.4. The number of benzene rings is 1. The Labute approximate surface area is 125 Å². The minimum atomic E-state index is -0.989. The van der Waals surface area contributed by atoms with Crippen LogP contribution in [0.1, 0.15) is 33.3 Å². The molecule has 0 aliphatic heterocycles. The zero-order valence-electron chi connectivity index (χ0n) is 13.1. The Morgan fingerprint density at radius 1 is 1.43 bits per heavy atom. The number of ether oxygens (including phenoxy) is 1. The van der Waals surface area contributed by atoms with Crippen molar-refractivity contribution in [3.05, 3.63) is 29.6 Å². The fourth-order valence-corrected chi connectivity index (χ4v) is 1.64. The molecule has 1 aromatic rings. The van der Waals surface area contributed by atoms with Crippen molar-refractivity contribution in [1.82, 2.24) is 5.32 Å². The Morgan fingerprint density at radius 2 is 2.10 bits per heavy atom. The second-order valence-corrected chi connectivity index (χ2v) is 6.25. The van der Waals surface area contributed by atoms with Gasteiger partial charge in [0.1, 0.15) is 18.2 Å². The zero-order chi connectivity index (χ0) is 16.0. The molecule has 0 atom stereocenters. The second-order valence-electron chi connectivity index (χ2n) is 6.25. The van der Waals surface area contributed by atoms with Crippen molar-refractivity contribution in [3.63, 3.8) is 0 Å². The van der Waals surface area contributed by atoms with Crippen molar-refractivity contribution in [2.24, 2.45) is 11.3 Å². The first kappa shape index (κ1) is 17.4. The molecule has 0 bridgehead atoms. The fourth-order valence-electron chi connectivity index (χ4n) is 1.64. The first-order chi connectivity index (χ1) is 9.72. The first-order valence-electron chi connectivity index (χ1n) is 7.07. The van der Waals surface area contributed by atoms with E-state index in [4.69, 9.17) is 9.84 Å². The Bertz CT molecular complexity index is 486. The van der Waals surface area contributed by atoms with E-state index >= 15 is 0 Å². The van der Waals surface area contributed by atoms with Crippen molar-refractivity contribution < 1.29 is 19.0 Å². The van der Waals surface area contributed by atoms with Gasteiger partial charge in [-0.25, -0.2) is 4.39 Å². The number of carbonyl (C=O) groups is 1. The summed E-state index contributed by atoms with van der Waals surface area (Å²) in [6.45, 7) is 8.70. The minimum Gasteiger partial charge on any atom is -0.492 e. The highest BCUT2D eigenvalue weighted by Crippen LogP contribution is 2.23. The molecule has 2 N–H and O–H groups in total. The first-order valence-corrected chi connectivity index (χ1v) is 7.07. The van der Waals surface area contributed by atoms with E-state index < -0.39 is 11.4 Å². The third kappa shape index (κ3) is 5.71. The Kier molecular flexibility index (Phi) is 6.15. The molecule has 5 heteroatoms.